The molecule has 2 aromatic rings. The predicted octanol–water partition coefficient (Wildman–Crippen LogP) is 4.40. The van der Waals surface area contributed by atoms with Crippen molar-refractivity contribution in [1.29, 1.82) is 5.26 Å². The standard InChI is InChI=1S/C20H22FN3/c1-4-24-10-9-15-11-18(21)20(12-17(15)14(24)2)23(3)19-8-6-5-7-16(19)13-22/h5-8,11-12,14H,4,9-10H2,1-3H3. The molecular formula is C20H22FN3. The third-order valence-electron chi connectivity index (χ3n) is 5.03. The summed E-state index contributed by atoms with van der Waals surface area (Å²) in [5, 5.41) is 9.31. The summed E-state index contributed by atoms with van der Waals surface area (Å²) >= 11 is 0. The summed E-state index contributed by atoms with van der Waals surface area (Å²) in [5.74, 6) is -0.235. The van der Waals surface area contributed by atoms with Crippen LogP contribution >= 0.6 is 0 Å². The normalized spacial score (nSPS) is 17.2. The molecule has 4 heteroatoms. The predicted molar refractivity (Wildman–Crippen MR) is 95.0 cm³/mol. The Labute approximate surface area is 142 Å². The topological polar surface area (TPSA) is 30.3 Å². The Morgan fingerprint density at radius 1 is 1.29 bits per heavy atom. The Bertz CT molecular complexity index is 794. The zero-order chi connectivity index (χ0) is 17.3. The summed E-state index contributed by atoms with van der Waals surface area (Å²) in [4.78, 5) is 4.17. The van der Waals surface area contributed by atoms with E-state index < -0.39 is 0 Å². The fourth-order valence-corrected chi connectivity index (χ4v) is 3.56. The van der Waals surface area contributed by atoms with Crippen LogP contribution in [0, 0.1) is 17.1 Å². The molecule has 0 bridgehead atoms. The van der Waals surface area contributed by atoms with Crippen molar-refractivity contribution >= 4 is 11.4 Å². The van der Waals surface area contributed by atoms with Crippen LogP contribution in [0.15, 0.2) is 36.4 Å². The van der Waals surface area contributed by atoms with Crippen molar-refractivity contribution in [2.24, 2.45) is 0 Å². The molecule has 124 valence electrons. The van der Waals surface area contributed by atoms with Gasteiger partial charge < -0.3 is 4.90 Å². The molecule has 1 unspecified atom stereocenters. The van der Waals surface area contributed by atoms with Crippen LogP contribution in [-0.4, -0.2) is 25.0 Å². The molecule has 0 spiro atoms. The highest BCUT2D eigenvalue weighted by Gasteiger charge is 2.25. The lowest BCUT2D eigenvalue weighted by molar-refractivity contribution is 0.209. The van der Waals surface area contributed by atoms with Crippen molar-refractivity contribution in [2.45, 2.75) is 26.3 Å². The van der Waals surface area contributed by atoms with Crippen LogP contribution in [0.1, 0.15) is 36.6 Å². The summed E-state index contributed by atoms with van der Waals surface area (Å²) in [6, 6.07) is 13.4. The van der Waals surface area contributed by atoms with Crippen molar-refractivity contribution in [3.63, 3.8) is 0 Å². The first-order valence-corrected chi connectivity index (χ1v) is 8.36. The van der Waals surface area contributed by atoms with E-state index in [1.807, 2.05) is 31.3 Å². The average Bonchev–Trinajstić information content (AvgIpc) is 2.61. The molecule has 3 nitrogen and oxygen atoms in total. The minimum Gasteiger partial charge on any atom is -0.341 e. The van der Waals surface area contributed by atoms with E-state index in [-0.39, 0.29) is 11.9 Å². The van der Waals surface area contributed by atoms with Gasteiger partial charge in [-0.25, -0.2) is 4.39 Å². The number of halogens is 1. The van der Waals surface area contributed by atoms with Gasteiger partial charge in [0.05, 0.1) is 16.9 Å². The van der Waals surface area contributed by atoms with Crippen LogP contribution in [0.5, 0.6) is 0 Å². The fourth-order valence-electron chi connectivity index (χ4n) is 3.56. The maximum atomic E-state index is 14.7. The Balaban J connectivity index is 2.06. The van der Waals surface area contributed by atoms with Crippen LogP contribution in [0.2, 0.25) is 0 Å². The van der Waals surface area contributed by atoms with Crippen LogP contribution in [0.4, 0.5) is 15.8 Å². The highest BCUT2D eigenvalue weighted by Crippen LogP contribution is 2.36. The second-order valence-electron chi connectivity index (χ2n) is 6.24. The summed E-state index contributed by atoms with van der Waals surface area (Å²) in [5.41, 5.74) is 4.05. The number of anilines is 2. The molecule has 2 aromatic carbocycles. The van der Waals surface area contributed by atoms with E-state index in [0.717, 1.165) is 30.8 Å². The molecule has 0 saturated heterocycles. The number of benzene rings is 2. The van der Waals surface area contributed by atoms with Gasteiger partial charge in [0.2, 0.25) is 0 Å². The largest absolute Gasteiger partial charge is 0.341 e. The zero-order valence-corrected chi connectivity index (χ0v) is 14.4. The molecule has 0 aliphatic carbocycles. The quantitative estimate of drug-likeness (QED) is 0.838. The van der Waals surface area contributed by atoms with Gasteiger partial charge in [0.15, 0.2) is 0 Å². The average molecular weight is 323 g/mol. The summed E-state index contributed by atoms with van der Waals surface area (Å²) in [6.45, 7) is 6.28. The summed E-state index contributed by atoms with van der Waals surface area (Å²) < 4.78 is 14.7. The number of hydrogen-bond donors (Lipinski definition) is 0. The molecule has 0 aromatic heterocycles. The van der Waals surface area contributed by atoms with Gasteiger partial charge in [-0.15, -0.1) is 0 Å². The molecule has 1 atom stereocenters. The number of para-hydroxylation sites is 1. The van der Waals surface area contributed by atoms with Gasteiger partial charge in [-0.1, -0.05) is 19.1 Å². The molecule has 24 heavy (non-hydrogen) atoms. The third-order valence-corrected chi connectivity index (χ3v) is 5.03. The molecule has 0 amide bonds. The number of nitrogens with zero attached hydrogens (tertiary/aromatic N) is 3. The SMILES string of the molecule is CCN1CCc2cc(F)c(N(C)c3ccccc3C#N)cc2C1C. The van der Waals surface area contributed by atoms with Crippen molar-refractivity contribution in [2.75, 3.05) is 25.0 Å². The van der Waals surface area contributed by atoms with Crippen LogP contribution < -0.4 is 4.90 Å². The minimum atomic E-state index is -0.235. The maximum absolute atomic E-state index is 14.7. The number of nitriles is 1. The van der Waals surface area contributed by atoms with Gasteiger partial charge in [0.25, 0.3) is 0 Å². The van der Waals surface area contributed by atoms with Crippen molar-refractivity contribution < 1.29 is 4.39 Å². The van der Waals surface area contributed by atoms with E-state index >= 15 is 0 Å². The van der Waals surface area contributed by atoms with Gasteiger partial charge in [-0.2, -0.15) is 5.26 Å². The van der Waals surface area contributed by atoms with E-state index in [1.165, 1.54) is 5.56 Å². The Kier molecular flexibility index (Phi) is 4.55. The van der Waals surface area contributed by atoms with Gasteiger partial charge in [0.1, 0.15) is 11.9 Å². The molecule has 1 heterocycles. The molecule has 0 N–H and O–H groups in total. The molecule has 0 fully saturated rings. The molecule has 0 saturated carbocycles. The van der Waals surface area contributed by atoms with Gasteiger partial charge in [0, 0.05) is 19.6 Å². The summed E-state index contributed by atoms with van der Waals surface area (Å²) in [6.07, 6.45) is 0.878. The lowest BCUT2D eigenvalue weighted by Crippen LogP contribution is -2.34. The second-order valence-corrected chi connectivity index (χ2v) is 6.24. The number of rotatable bonds is 3. The number of hydrogen-bond acceptors (Lipinski definition) is 3. The first kappa shape index (κ1) is 16.5. The monoisotopic (exact) mass is 323 g/mol. The van der Waals surface area contributed by atoms with Crippen molar-refractivity contribution in [3.05, 3.63) is 58.9 Å². The van der Waals surface area contributed by atoms with Crippen molar-refractivity contribution in [3.8, 4) is 6.07 Å². The molecule has 1 aliphatic heterocycles. The first-order valence-electron chi connectivity index (χ1n) is 8.36. The molecule has 0 radical (unpaired) electrons. The highest BCUT2D eigenvalue weighted by atomic mass is 19.1. The minimum absolute atomic E-state index is 0.235. The Morgan fingerprint density at radius 3 is 2.75 bits per heavy atom. The number of likely N-dealkylation sites (N-methyl/N-ethyl adjacent to an activating group) is 1. The van der Waals surface area contributed by atoms with E-state index in [2.05, 4.69) is 24.8 Å². The first-order chi connectivity index (χ1) is 11.6. The zero-order valence-electron chi connectivity index (χ0n) is 14.4. The molecule has 3 rings (SSSR count). The maximum Gasteiger partial charge on any atom is 0.147 e. The summed E-state index contributed by atoms with van der Waals surface area (Å²) in [7, 11) is 1.81. The van der Waals surface area contributed by atoms with Gasteiger partial charge >= 0.3 is 0 Å². The lowest BCUT2D eigenvalue weighted by Gasteiger charge is -2.35. The van der Waals surface area contributed by atoms with Crippen LogP contribution in [-0.2, 0) is 6.42 Å². The lowest BCUT2D eigenvalue weighted by atomic mass is 9.92. The second kappa shape index (κ2) is 6.62. The van der Waals surface area contributed by atoms with Crippen LogP contribution in [0.25, 0.3) is 0 Å². The Morgan fingerprint density at radius 2 is 2.04 bits per heavy atom. The third kappa shape index (κ3) is 2.76. The van der Waals surface area contributed by atoms with Gasteiger partial charge in [-0.3, -0.25) is 4.90 Å². The smallest absolute Gasteiger partial charge is 0.147 e. The highest BCUT2D eigenvalue weighted by molar-refractivity contribution is 5.70. The van der Waals surface area contributed by atoms with Crippen molar-refractivity contribution in [1.82, 2.24) is 4.90 Å². The Hall–Kier alpha value is -2.38. The molecular weight excluding hydrogens is 301 g/mol. The van der Waals surface area contributed by atoms with Gasteiger partial charge in [-0.05, 0) is 55.3 Å². The van der Waals surface area contributed by atoms with E-state index in [9.17, 15) is 9.65 Å². The number of fused-ring (bicyclic) bond motifs is 1. The van der Waals surface area contributed by atoms with E-state index in [4.69, 9.17) is 0 Å². The van der Waals surface area contributed by atoms with E-state index in [0.29, 0.717) is 11.3 Å². The van der Waals surface area contributed by atoms with E-state index in [1.54, 1.807) is 17.0 Å². The fraction of sp³-hybridized carbons (Fsp3) is 0.350. The van der Waals surface area contributed by atoms with Crippen LogP contribution in [0.3, 0.4) is 0 Å². The molecule has 1 aliphatic rings.